The van der Waals surface area contributed by atoms with Gasteiger partial charge in [-0.3, -0.25) is 0 Å². The van der Waals surface area contributed by atoms with Gasteiger partial charge < -0.3 is 28.1 Å². The van der Waals surface area contributed by atoms with Crippen molar-refractivity contribution in [3.05, 3.63) is 40.5 Å². The standard InChI is InChI=1S/C24H24N4O6S2/c1-29-15-8-18(33-12-14-13-35-21(26-14)24(31-3)4-6-32-7-5-24)16-10-20(34-19(16)9-15)17-11-25-22-28(17)27-23(30-2)36-22/h8-11,13H,4-7,12H2,1-3H3. The minimum absolute atomic E-state index is 0.301. The highest BCUT2D eigenvalue weighted by Gasteiger charge is 2.37. The number of nitrogens with zero attached hydrogens (tertiary/aromatic N) is 4. The second kappa shape index (κ2) is 9.36. The number of fused-ring (bicyclic) bond motifs is 2. The minimum atomic E-state index is -0.390. The summed E-state index contributed by atoms with van der Waals surface area (Å²) >= 11 is 2.95. The van der Waals surface area contributed by atoms with Crippen LogP contribution in [0.4, 0.5) is 0 Å². The largest absolute Gasteiger partial charge is 0.496 e. The molecule has 0 radical (unpaired) electrons. The highest BCUT2D eigenvalue weighted by atomic mass is 32.1. The molecule has 1 fully saturated rings. The van der Waals surface area contributed by atoms with Crippen LogP contribution in [-0.2, 0) is 21.7 Å². The van der Waals surface area contributed by atoms with E-state index in [9.17, 15) is 0 Å². The van der Waals surface area contributed by atoms with Crippen molar-refractivity contribution in [2.75, 3.05) is 34.5 Å². The quantitative estimate of drug-likeness (QED) is 0.278. The Kier molecular flexibility index (Phi) is 6.04. The summed E-state index contributed by atoms with van der Waals surface area (Å²) < 4.78 is 36.3. The van der Waals surface area contributed by atoms with Gasteiger partial charge in [0.05, 0.1) is 31.5 Å². The van der Waals surface area contributed by atoms with Gasteiger partial charge in [0.2, 0.25) is 4.96 Å². The Bertz CT molecular complexity index is 1510. The molecule has 1 aromatic carbocycles. The van der Waals surface area contributed by atoms with Crippen LogP contribution < -0.4 is 14.2 Å². The van der Waals surface area contributed by atoms with Crippen LogP contribution in [0.5, 0.6) is 16.7 Å². The van der Waals surface area contributed by atoms with Crippen LogP contribution >= 0.6 is 22.7 Å². The van der Waals surface area contributed by atoms with Crippen LogP contribution in [0, 0.1) is 0 Å². The predicted molar refractivity (Wildman–Crippen MR) is 134 cm³/mol. The molecule has 10 nitrogen and oxygen atoms in total. The van der Waals surface area contributed by atoms with E-state index in [-0.39, 0.29) is 0 Å². The van der Waals surface area contributed by atoms with Gasteiger partial charge in [-0.2, -0.15) is 4.52 Å². The van der Waals surface area contributed by atoms with Crippen LogP contribution in [0.1, 0.15) is 23.5 Å². The summed E-state index contributed by atoms with van der Waals surface area (Å²) in [7, 11) is 4.93. The smallest absolute Gasteiger partial charge is 0.294 e. The van der Waals surface area contributed by atoms with E-state index < -0.39 is 5.60 Å². The normalized spacial score (nSPS) is 15.5. The van der Waals surface area contributed by atoms with Gasteiger partial charge in [-0.25, -0.2) is 9.97 Å². The molecule has 0 N–H and O–H groups in total. The van der Waals surface area contributed by atoms with Crippen molar-refractivity contribution in [3.8, 4) is 28.1 Å². The van der Waals surface area contributed by atoms with Gasteiger partial charge >= 0.3 is 0 Å². The van der Waals surface area contributed by atoms with Gasteiger partial charge in [0.1, 0.15) is 40.0 Å². The van der Waals surface area contributed by atoms with Crippen molar-refractivity contribution in [1.29, 1.82) is 0 Å². The highest BCUT2D eigenvalue weighted by molar-refractivity contribution is 7.18. The van der Waals surface area contributed by atoms with Gasteiger partial charge in [-0.15, -0.1) is 16.4 Å². The first kappa shape index (κ1) is 23.2. The van der Waals surface area contributed by atoms with E-state index >= 15 is 0 Å². The van der Waals surface area contributed by atoms with Gasteiger partial charge in [-0.1, -0.05) is 0 Å². The first-order valence-electron chi connectivity index (χ1n) is 11.3. The number of furan rings is 1. The second-order valence-corrected chi connectivity index (χ2v) is 10.1. The number of hydrogen-bond acceptors (Lipinski definition) is 11. The number of hydrogen-bond donors (Lipinski definition) is 0. The number of aromatic nitrogens is 4. The fraction of sp³-hybridized carbons (Fsp3) is 0.375. The average Bonchev–Trinajstić information content (AvgIpc) is 3.70. The third-order valence-electron chi connectivity index (χ3n) is 6.31. The van der Waals surface area contributed by atoms with Crippen molar-refractivity contribution >= 4 is 38.6 Å². The maximum Gasteiger partial charge on any atom is 0.294 e. The average molecular weight is 529 g/mol. The van der Waals surface area contributed by atoms with E-state index in [1.807, 2.05) is 23.6 Å². The zero-order valence-electron chi connectivity index (χ0n) is 20.0. The van der Waals surface area contributed by atoms with Crippen LogP contribution in [0.2, 0.25) is 0 Å². The lowest BCUT2D eigenvalue weighted by Gasteiger charge is -2.33. The van der Waals surface area contributed by atoms with E-state index in [4.69, 9.17) is 33.1 Å². The molecule has 1 aliphatic rings. The van der Waals surface area contributed by atoms with Crippen LogP contribution in [-0.4, -0.2) is 54.1 Å². The van der Waals surface area contributed by atoms with Gasteiger partial charge in [0, 0.05) is 50.7 Å². The third-order valence-corrected chi connectivity index (χ3v) is 8.27. The summed E-state index contributed by atoms with van der Waals surface area (Å²) in [5.74, 6) is 1.88. The Hall–Kier alpha value is -3.19. The predicted octanol–water partition coefficient (Wildman–Crippen LogP) is 4.91. The molecule has 36 heavy (non-hydrogen) atoms. The summed E-state index contributed by atoms with van der Waals surface area (Å²) in [5.41, 5.74) is 1.80. The first-order valence-corrected chi connectivity index (χ1v) is 13.0. The monoisotopic (exact) mass is 528 g/mol. The molecule has 1 aliphatic heterocycles. The number of imidazole rings is 1. The Morgan fingerprint density at radius 1 is 1.11 bits per heavy atom. The van der Waals surface area contributed by atoms with Crippen LogP contribution in [0.25, 0.3) is 27.4 Å². The number of thiazole rings is 1. The lowest BCUT2D eigenvalue weighted by atomic mass is 9.95. The molecule has 12 heteroatoms. The summed E-state index contributed by atoms with van der Waals surface area (Å²) in [4.78, 5) is 9.97. The van der Waals surface area contributed by atoms with Crippen molar-refractivity contribution in [3.63, 3.8) is 0 Å². The highest BCUT2D eigenvalue weighted by Crippen LogP contribution is 2.39. The zero-order chi connectivity index (χ0) is 24.7. The van der Waals surface area contributed by atoms with Crippen molar-refractivity contribution in [1.82, 2.24) is 19.6 Å². The number of methoxy groups -OCH3 is 3. The number of rotatable bonds is 8. The minimum Gasteiger partial charge on any atom is -0.496 e. The topological polar surface area (TPSA) is 102 Å². The van der Waals surface area contributed by atoms with Crippen molar-refractivity contribution < 1.29 is 28.1 Å². The summed E-state index contributed by atoms with van der Waals surface area (Å²) in [6.45, 7) is 1.64. The molecule has 0 unspecified atom stereocenters. The van der Waals surface area contributed by atoms with Gasteiger partial charge in [0.15, 0.2) is 5.76 Å². The maximum atomic E-state index is 6.24. The van der Waals surface area contributed by atoms with Crippen molar-refractivity contribution in [2.24, 2.45) is 0 Å². The zero-order valence-corrected chi connectivity index (χ0v) is 21.6. The molecule has 6 rings (SSSR count). The molecular weight excluding hydrogens is 504 g/mol. The van der Waals surface area contributed by atoms with E-state index in [2.05, 4.69) is 10.1 Å². The van der Waals surface area contributed by atoms with Crippen molar-refractivity contribution in [2.45, 2.75) is 25.0 Å². The molecule has 0 bridgehead atoms. The summed E-state index contributed by atoms with van der Waals surface area (Å²) in [6.07, 6.45) is 3.31. The van der Waals surface area contributed by atoms with Gasteiger partial charge in [0.25, 0.3) is 5.19 Å². The molecule has 0 amide bonds. The molecule has 188 valence electrons. The SMILES string of the molecule is COc1cc(OCc2csc(C3(OC)CCOCC3)n2)c2cc(-c3cnc4sc(OC)nn34)oc2c1. The molecule has 5 aromatic rings. The number of benzene rings is 1. The Morgan fingerprint density at radius 2 is 1.97 bits per heavy atom. The molecule has 5 heterocycles. The molecule has 4 aromatic heterocycles. The van der Waals surface area contributed by atoms with E-state index in [1.165, 1.54) is 11.3 Å². The lowest BCUT2D eigenvalue weighted by Crippen LogP contribution is -2.35. The second-order valence-electron chi connectivity index (χ2n) is 8.30. The summed E-state index contributed by atoms with van der Waals surface area (Å²) in [5, 5.41) is 8.75. The Balaban J connectivity index is 1.30. The Morgan fingerprint density at radius 3 is 2.75 bits per heavy atom. The summed E-state index contributed by atoms with van der Waals surface area (Å²) in [6, 6.07) is 5.61. The van der Waals surface area contributed by atoms with E-state index in [1.54, 1.807) is 43.4 Å². The van der Waals surface area contributed by atoms with Crippen LogP contribution in [0.15, 0.2) is 34.2 Å². The Labute approximate surface area is 214 Å². The first-order chi connectivity index (χ1) is 17.6. The molecule has 0 saturated carbocycles. The fourth-order valence-electron chi connectivity index (χ4n) is 4.31. The molecule has 0 aliphatic carbocycles. The molecule has 0 spiro atoms. The maximum absolute atomic E-state index is 6.24. The lowest BCUT2D eigenvalue weighted by molar-refractivity contribution is -0.0949. The molecule has 1 saturated heterocycles. The fourth-order valence-corrected chi connectivity index (χ4v) is 6.05. The van der Waals surface area contributed by atoms with E-state index in [0.717, 1.165) is 34.6 Å². The molecular formula is C24H24N4O6S2. The third kappa shape index (κ3) is 3.99. The van der Waals surface area contributed by atoms with E-state index in [0.29, 0.717) is 52.8 Å². The van der Waals surface area contributed by atoms with Gasteiger partial charge in [-0.05, 0) is 17.4 Å². The van der Waals surface area contributed by atoms with Crippen LogP contribution in [0.3, 0.4) is 0 Å². The molecule has 0 atom stereocenters. The number of ether oxygens (including phenoxy) is 5.